The maximum absolute atomic E-state index is 4.32. The van der Waals surface area contributed by atoms with E-state index in [1.54, 1.807) is 12.7 Å². The molecular weight excluding hydrogens is 356 g/mol. The molecule has 1 aromatic heterocycles. The second-order valence-corrected chi connectivity index (χ2v) is 6.87. The number of aromatic nitrogens is 3. The van der Waals surface area contributed by atoms with Crippen molar-refractivity contribution in [2.45, 2.75) is 13.0 Å². The molecule has 4 nitrogen and oxygen atoms in total. The minimum absolute atomic E-state index is 0.775. The highest BCUT2D eigenvalue weighted by Gasteiger charge is 2.07. The molecule has 0 unspecified atom stereocenters. The first-order valence-electron chi connectivity index (χ1n) is 9.84. The average molecular weight is 380 g/mol. The van der Waals surface area contributed by atoms with Crippen molar-refractivity contribution in [1.29, 1.82) is 0 Å². The third kappa shape index (κ3) is 5.20. The largest absolute Gasteiger partial charge is 0.291 e. The van der Waals surface area contributed by atoms with Crippen molar-refractivity contribution in [2.24, 2.45) is 0 Å². The molecule has 0 atom stereocenters. The fraction of sp³-hybridized carbons (Fsp3) is 0.120. The summed E-state index contributed by atoms with van der Waals surface area (Å²) in [6.45, 7) is 1.63. The highest BCUT2D eigenvalue weighted by atomic mass is 15.7. The van der Waals surface area contributed by atoms with Crippen LogP contribution >= 0.6 is 0 Å². The predicted octanol–water partition coefficient (Wildman–Crippen LogP) is 5.19. The Hall–Kier alpha value is -3.66. The van der Waals surface area contributed by atoms with Crippen molar-refractivity contribution in [1.82, 2.24) is 14.9 Å². The summed E-state index contributed by atoms with van der Waals surface area (Å²) in [6, 6.07) is 29.5. The Kier molecular flexibility index (Phi) is 6.13. The van der Waals surface area contributed by atoms with Crippen molar-refractivity contribution in [2.75, 3.05) is 11.6 Å². The smallest absolute Gasteiger partial charge is 0.139 e. The molecule has 0 amide bonds. The Morgan fingerprint density at radius 3 is 2.17 bits per heavy atom. The Morgan fingerprint density at radius 2 is 1.48 bits per heavy atom. The highest BCUT2D eigenvalue weighted by Crippen LogP contribution is 2.19. The quantitative estimate of drug-likeness (QED) is 0.422. The molecule has 0 saturated heterocycles. The van der Waals surface area contributed by atoms with E-state index >= 15 is 0 Å². The molecule has 4 rings (SSSR count). The van der Waals surface area contributed by atoms with Crippen LogP contribution in [-0.2, 0) is 6.54 Å². The lowest BCUT2D eigenvalue weighted by Gasteiger charge is -2.23. The third-order valence-electron chi connectivity index (χ3n) is 4.79. The normalized spacial score (nSPS) is 11.0. The summed E-state index contributed by atoms with van der Waals surface area (Å²) < 4.78 is 0. The van der Waals surface area contributed by atoms with Crippen LogP contribution in [0.25, 0.3) is 17.2 Å². The van der Waals surface area contributed by atoms with Crippen LogP contribution in [0, 0.1) is 0 Å². The molecule has 4 aromatic rings. The molecule has 0 N–H and O–H groups in total. The number of nitrogens with zero attached hydrogens (tertiary/aromatic N) is 4. The van der Waals surface area contributed by atoms with Crippen LogP contribution in [0.15, 0.2) is 104 Å². The van der Waals surface area contributed by atoms with Gasteiger partial charge in [0.15, 0.2) is 0 Å². The molecule has 0 aliphatic carbocycles. The van der Waals surface area contributed by atoms with E-state index in [0.29, 0.717) is 0 Å². The summed E-state index contributed by atoms with van der Waals surface area (Å²) >= 11 is 0. The van der Waals surface area contributed by atoms with Crippen LogP contribution in [0.1, 0.15) is 17.5 Å². The zero-order chi connectivity index (χ0) is 19.7. The van der Waals surface area contributed by atoms with Crippen molar-refractivity contribution >= 4 is 6.08 Å². The lowest BCUT2D eigenvalue weighted by atomic mass is 10.0. The fourth-order valence-electron chi connectivity index (χ4n) is 3.25. The summed E-state index contributed by atoms with van der Waals surface area (Å²) in [4.78, 5) is 5.93. The lowest BCUT2D eigenvalue weighted by Crippen LogP contribution is -2.35. The maximum Gasteiger partial charge on any atom is 0.139 e. The second-order valence-electron chi connectivity index (χ2n) is 6.87. The van der Waals surface area contributed by atoms with E-state index < -0.39 is 0 Å². The molecule has 3 aromatic carbocycles. The van der Waals surface area contributed by atoms with Gasteiger partial charge < -0.3 is 0 Å². The first kappa shape index (κ1) is 18.7. The number of benzene rings is 3. The molecule has 0 radical (unpaired) electrons. The van der Waals surface area contributed by atoms with Gasteiger partial charge >= 0.3 is 0 Å². The Morgan fingerprint density at radius 1 is 0.793 bits per heavy atom. The van der Waals surface area contributed by atoms with Gasteiger partial charge in [-0.25, -0.2) is 4.98 Å². The van der Waals surface area contributed by atoms with Gasteiger partial charge in [-0.1, -0.05) is 97.1 Å². The molecule has 1 heterocycles. The minimum atomic E-state index is 0.775. The van der Waals surface area contributed by atoms with E-state index in [9.17, 15) is 0 Å². The second kappa shape index (κ2) is 9.51. The fourth-order valence-corrected chi connectivity index (χ4v) is 3.25. The van der Waals surface area contributed by atoms with Crippen LogP contribution in [0.5, 0.6) is 0 Å². The summed E-state index contributed by atoms with van der Waals surface area (Å²) in [6.07, 6.45) is 8.62. The van der Waals surface area contributed by atoms with Crippen LogP contribution in [0.4, 0.5) is 0 Å². The molecule has 0 aliphatic heterocycles. The summed E-state index contributed by atoms with van der Waals surface area (Å²) in [7, 11) is 0. The summed E-state index contributed by atoms with van der Waals surface area (Å²) in [5.74, 6) is 0. The van der Waals surface area contributed by atoms with E-state index in [-0.39, 0.29) is 0 Å². The van der Waals surface area contributed by atoms with E-state index in [0.717, 1.165) is 19.5 Å². The molecule has 0 saturated carbocycles. The summed E-state index contributed by atoms with van der Waals surface area (Å²) in [5, 5.41) is 6.52. The molecule has 4 heteroatoms. The van der Waals surface area contributed by atoms with Crippen molar-refractivity contribution in [3.8, 4) is 11.1 Å². The molecule has 0 spiro atoms. The zero-order valence-corrected chi connectivity index (χ0v) is 16.3. The molecule has 29 heavy (non-hydrogen) atoms. The molecule has 144 valence electrons. The van der Waals surface area contributed by atoms with Gasteiger partial charge in [-0.15, -0.1) is 5.10 Å². The monoisotopic (exact) mass is 380 g/mol. The predicted molar refractivity (Wildman–Crippen MR) is 119 cm³/mol. The van der Waals surface area contributed by atoms with Gasteiger partial charge in [0.05, 0.1) is 6.54 Å². The maximum atomic E-state index is 4.32. The van der Waals surface area contributed by atoms with Gasteiger partial charge in [0.1, 0.15) is 12.7 Å². The Balaban J connectivity index is 1.42. The zero-order valence-electron chi connectivity index (χ0n) is 16.3. The van der Waals surface area contributed by atoms with Crippen LogP contribution in [0.2, 0.25) is 0 Å². The van der Waals surface area contributed by atoms with Crippen molar-refractivity contribution in [3.63, 3.8) is 0 Å². The number of hydrogen-bond acceptors (Lipinski definition) is 3. The average Bonchev–Trinajstić information content (AvgIpc) is 3.33. The highest BCUT2D eigenvalue weighted by molar-refractivity contribution is 5.63. The number of hydrogen-bond donors (Lipinski definition) is 0. The standard InChI is InChI=1S/C25H24N4/c1-3-9-22(10-4-1)11-7-8-18-28(29-21-26-20-27-29)19-23-14-16-25(17-15-23)24-12-5-2-6-13-24/h1-7,9-17,20-21H,8,18-19H2/b11-7+. The van der Waals surface area contributed by atoms with E-state index in [4.69, 9.17) is 0 Å². The topological polar surface area (TPSA) is 34.0 Å². The molecule has 0 bridgehead atoms. The molecular formula is C25H24N4. The SMILES string of the molecule is C(=C\c1ccccc1)/CCN(Cc1ccc(-c2ccccc2)cc1)n1cncn1. The lowest BCUT2D eigenvalue weighted by molar-refractivity contribution is 0.526. The summed E-state index contributed by atoms with van der Waals surface area (Å²) in [5.41, 5.74) is 4.93. The first-order chi connectivity index (χ1) is 14.4. The van der Waals surface area contributed by atoms with E-state index in [2.05, 4.69) is 100 Å². The molecule has 0 fully saturated rings. The minimum Gasteiger partial charge on any atom is -0.291 e. The van der Waals surface area contributed by atoms with Crippen LogP contribution in [-0.4, -0.2) is 21.4 Å². The van der Waals surface area contributed by atoms with Crippen molar-refractivity contribution in [3.05, 3.63) is 115 Å². The van der Waals surface area contributed by atoms with Gasteiger partial charge in [-0.3, -0.25) is 5.01 Å². The van der Waals surface area contributed by atoms with Crippen LogP contribution < -0.4 is 5.01 Å². The first-order valence-corrected chi connectivity index (χ1v) is 9.84. The van der Waals surface area contributed by atoms with Gasteiger partial charge in [0.25, 0.3) is 0 Å². The van der Waals surface area contributed by atoms with Gasteiger partial charge in [0, 0.05) is 6.54 Å². The number of rotatable bonds is 8. The van der Waals surface area contributed by atoms with Crippen LogP contribution in [0.3, 0.4) is 0 Å². The van der Waals surface area contributed by atoms with Gasteiger partial charge in [-0.2, -0.15) is 4.79 Å². The van der Waals surface area contributed by atoms with E-state index in [1.807, 2.05) is 16.9 Å². The third-order valence-corrected chi connectivity index (χ3v) is 4.79. The Labute approximate surface area is 171 Å². The van der Waals surface area contributed by atoms with Crippen molar-refractivity contribution < 1.29 is 0 Å². The van der Waals surface area contributed by atoms with Gasteiger partial charge in [-0.05, 0) is 28.7 Å². The van der Waals surface area contributed by atoms with Gasteiger partial charge in [0.2, 0.25) is 0 Å². The Bertz CT molecular complexity index is 1010. The van der Waals surface area contributed by atoms with E-state index in [1.165, 1.54) is 22.3 Å². The molecule has 0 aliphatic rings.